The first-order valence-electron chi connectivity index (χ1n) is 12.0. The summed E-state index contributed by atoms with van der Waals surface area (Å²) in [5.41, 5.74) is 2.55. The Bertz CT molecular complexity index is 1750. The molecular weight excluding hydrogens is 694 g/mol. The van der Waals surface area contributed by atoms with E-state index < -0.39 is 31.8 Å². The second kappa shape index (κ2) is 12.0. The van der Waals surface area contributed by atoms with E-state index in [1.807, 2.05) is 28.7 Å². The molecule has 0 aliphatic carbocycles. The Labute approximate surface area is 248 Å². The highest BCUT2D eigenvalue weighted by molar-refractivity contribution is 9.10. The van der Waals surface area contributed by atoms with E-state index in [9.17, 15) is 26.2 Å². The number of amides is 1. The lowest BCUT2D eigenvalue weighted by molar-refractivity contribution is -0.665. The number of nitrogens with zero attached hydrogens (tertiary/aromatic N) is 2. The van der Waals surface area contributed by atoms with Gasteiger partial charge in [-0.1, -0.05) is 38.8 Å². The summed E-state index contributed by atoms with van der Waals surface area (Å²) in [5, 5.41) is 0. The molecular formula is C25H26Br2N3O8S2+. The van der Waals surface area contributed by atoms with Crippen LogP contribution in [0.15, 0.2) is 67.3 Å². The standard InChI is InChI=1S/C25H25Br2N3O8S2/c1-3-16(11-24-29(9-4-10-40(34,35)36)19-13-17(26)5-7-21(19)37-24)12-25-30(15-23(31)28-39(2,32)33)20-14-18(27)6-8-22(20)38-25/h5-8,11-14H,3-4,9-10,15H2,1-2H3,(H-,28,31,34,35,36)/p+1. The average molecular weight is 720 g/mol. The normalized spacial score (nSPS) is 15.0. The number of hydrogen-bond donors (Lipinski definition) is 2. The number of halogens is 2. The van der Waals surface area contributed by atoms with Gasteiger partial charge in [-0.15, -0.1) is 4.57 Å². The molecule has 0 saturated heterocycles. The van der Waals surface area contributed by atoms with Crippen LogP contribution in [0.1, 0.15) is 25.7 Å². The fourth-order valence-electron chi connectivity index (χ4n) is 4.11. The van der Waals surface area contributed by atoms with Crippen LogP contribution in [0.25, 0.3) is 17.2 Å². The van der Waals surface area contributed by atoms with Crippen molar-refractivity contribution in [1.82, 2.24) is 4.72 Å². The lowest BCUT2D eigenvalue weighted by atomic mass is 10.1. The lowest BCUT2D eigenvalue weighted by Gasteiger charge is -2.18. The monoisotopic (exact) mass is 718 g/mol. The number of nitrogens with one attached hydrogen (secondary N) is 1. The minimum Gasteiger partial charge on any atom is -0.439 e. The molecule has 1 aliphatic rings. The van der Waals surface area contributed by atoms with E-state index in [0.29, 0.717) is 35.0 Å². The number of anilines is 1. The van der Waals surface area contributed by atoms with Gasteiger partial charge >= 0.3 is 5.89 Å². The highest BCUT2D eigenvalue weighted by atomic mass is 79.9. The van der Waals surface area contributed by atoms with Gasteiger partial charge in [0.25, 0.3) is 21.5 Å². The summed E-state index contributed by atoms with van der Waals surface area (Å²) >= 11 is 6.87. The first-order chi connectivity index (χ1) is 18.7. The van der Waals surface area contributed by atoms with Crippen LogP contribution in [0, 0.1) is 0 Å². The number of allylic oxidation sites excluding steroid dienone is 2. The molecule has 0 fully saturated rings. The van der Waals surface area contributed by atoms with E-state index >= 15 is 0 Å². The Balaban J connectivity index is 1.74. The Hall–Kier alpha value is -2.72. The fraction of sp³-hybridized carbons (Fsp3) is 0.280. The van der Waals surface area contributed by atoms with Gasteiger partial charge in [0.2, 0.25) is 28.0 Å². The van der Waals surface area contributed by atoms with Crippen LogP contribution >= 0.6 is 31.9 Å². The van der Waals surface area contributed by atoms with E-state index in [-0.39, 0.29) is 19.5 Å². The second-order valence-electron chi connectivity index (χ2n) is 9.00. The van der Waals surface area contributed by atoms with E-state index in [1.165, 1.54) is 0 Å². The molecule has 4 rings (SSSR count). The van der Waals surface area contributed by atoms with Gasteiger partial charge in [0.05, 0.1) is 23.8 Å². The number of sulfonamides is 1. The number of ether oxygens (including phenoxy) is 1. The van der Waals surface area contributed by atoms with Gasteiger partial charge in [-0.2, -0.15) is 8.42 Å². The average Bonchev–Trinajstić information content (AvgIpc) is 3.33. The van der Waals surface area contributed by atoms with Crippen molar-refractivity contribution in [3.8, 4) is 5.75 Å². The summed E-state index contributed by atoms with van der Waals surface area (Å²) in [6, 6.07) is 10.7. The quantitative estimate of drug-likeness (QED) is 0.233. The predicted octanol–water partition coefficient (Wildman–Crippen LogP) is 4.13. The summed E-state index contributed by atoms with van der Waals surface area (Å²) in [4.78, 5) is 14.3. The number of oxazole rings is 1. The first-order valence-corrected chi connectivity index (χ1v) is 17.1. The molecule has 2 N–H and O–H groups in total. The number of aromatic nitrogens is 1. The van der Waals surface area contributed by atoms with Crippen molar-refractivity contribution >= 4 is 80.8 Å². The molecule has 0 atom stereocenters. The highest BCUT2D eigenvalue weighted by Crippen LogP contribution is 2.41. The van der Waals surface area contributed by atoms with E-state index in [2.05, 4.69) is 31.9 Å². The molecule has 3 aromatic rings. The zero-order chi connectivity index (χ0) is 29.2. The summed E-state index contributed by atoms with van der Waals surface area (Å²) in [6.07, 6.45) is 5.10. The molecule has 2 aromatic carbocycles. The second-order valence-corrected chi connectivity index (χ2v) is 14.1. The van der Waals surface area contributed by atoms with Crippen molar-refractivity contribution in [1.29, 1.82) is 0 Å². The van der Waals surface area contributed by atoms with Gasteiger partial charge in [-0.3, -0.25) is 9.35 Å². The third kappa shape index (κ3) is 7.72. The van der Waals surface area contributed by atoms with Crippen LogP contribution < -0.4 is 18.9 Å². The summed E-state index contributed by atoms with van der Waals surface area (Å²) < 4.78 is 72.2. The van der Waals surface area contributed by atoms with E-state index in [1.54, 1.807) is 41.0 Å². The summed E-state index contributed by atoms with van der Waals surface area (Å²) in [5.74, 6) is 0.198. The van der Waals surface area contributed by atoms with E-state index in [0.717, 1.165) is 26.5 Å². The van der Waals surface area contributed by atoms with Crippen molar-refractivity contribution < 1.29 is 39.9 Å². The highest BCUT2D eigenvalue weighted by Gasteiger charge is 2.29. The Kier molecular flexibility index (Phi) is 9.09. The molecule has 0 unspecified atom stereocenters. The van der Waals surface area contributed by atoms with Gasteiger partial charge in [0, 0.05) is 27.6 Å². The van der Waals surface area contributed by atoms with Gasteiger partial charge < -0.3 is 14.1 Å². The number of benzene rings is 2. The first kappa shape index (κ1) is 30.2. The van der Waals surface area contributed by atoms with Crippen molar-refractivity contribution in [2.24, 2.45) is 0 Å². The van der Waals surface area contributed by atoms with Crippen molar-refractivity contribution in [3.05, 3.63) is 68.8 Å². The Morgan fingerprint density at radius 3 is 2.50 bits per heavy atom. The molecule has 0 saturated carbocycles. The van der Waals surface area contributed by atoms with Crippen molar-refractivity contribution in [2.45, 2.75) is 26.3 Å². The van der Waals surface area contributed by atoms with Crippen LogP contribution in [-0.2, 0) is 31.5 Å². The number of carbonyl (C=O) groups excluding carboxylic acids is 1. The lowest BCUT2D eigenvalue weighted by Crippen LogP contribution is -2.45. The molecule has 1 aliphatic heterocycles. The molecule has 2 heterocycles. The van der Waals surface area contributed by atoms with Crippen LogP contribution in [0.2, 0.25) is 0 Å². The largest absolute Gasteiger partial charge is 0.439 e. The van der Waals surface area contributed by atoms with E-state index in [4.69, 9.17) is 9.15 Å². The number of carbonyl (C=O) groups is 1. The molecule has 11 nitrogen and oxygen atoms in total. The molecule has 15 heteroatoms. The van der Waals surface area contributed by atoms with Crippen molar-refractivity contribution in [3.63, 3.8) is 0 Å². The predicted molar refractivity (Wildman–Crippen MR) is 157 cm³/mol. The zero-order valence-electron chi connectivity index (χ0n) is 21.4. The van der Waals surface area contributed by atoms with Crippen LogP contribution in [-0.4, -0.2) is 45.8 Å². The molecule has 0 radical (unpaired) electrons. The van der Waals surface area contributed by atoms with Gasteiger partial charge in [-0.05, 0) is 48.7 Å². The van der Waals surface area contributed by atoms with Gasteiger partial charge in [0.15, 0.2) is 5.75 Å². The van der Waals surface area contributed by atoms with Gasteiger partial charge in [0.1, 0.15) is 0 Å². The minimum atomic E-state index is -4.13. The third-order valence-electron chi connectivity index (χ3n) is 5.80. The maximum absolute atomic E-state index is 12.5. The number of hydrogen-bond acceptors (Lipinski definition) is 8. The Morgan fingerprint density at radius 2 is 1.82 bits per heavy atom. The zero-order valence-corrected chi connectivity index (χ0v) is 26.2. The maximum Gasteiger partial charge on any atom is 0.374 e. The molecule has 1 amide bonds. The minimum absolute atomic E-state index is 0.157. The van der Waals surface area contributed by atoms with Gasteiger partial charge in [-0.25, -0.2) is 13.1 Å². The smallest absolute Gasteiger partial charge is 0.374 e. The fourth-order valence-corrected chi connectivity index (χ4v) is 5.78. The van der Waals surface area contributed by atoms with Crippen molar-refractivity contribution in [2.75, 3.05) is 23.5 Å². The summed E-state index contributed by atoms with van der Waals surface area (Å²) in [6.45, 7) is 1.87. The molecule has 214 valence electrons. The summed E-state index contributed by atoms with van der Waals surface area (Å²) in [7, 11) is -7.88. The third-order valence-corrected chi connectivity index (χ3v) is 8.19. The Morgan fingerprint density at radius 1 is 1.12 bits per heavy atom. The molecule has 1 aromatic heterocycles. The molecule has 40 heavy (non-hydrogen) atoms. The SMILES string of the molecule is CCC(=Cc1oc2ccc(Br)cc2[n+]1CC(=O)NS(C)(=O)=O)C=C1Oc2ccc(Br)cc2N1CCCS(=O)(=O)O. The molecule has 0 bridgehead atoms. The number of rotatable bonds is 10. The molecule has 0 spiro atoms. The number of fused-ring (bicyclic) bond motifs is 2. The van der Waals surface area contributed by atoms with Crippen LogP contribution in [0.5, 0.6) is 5.75 Å². The maximum atomic E-state index is 12.5. The van der Waals surface area contributed by atoms with Crippen LogP contribution in [0.4, 0.5) is 5.69 Å². The van der Waals surface area contributed by atoms with Crippen LogP contribution in [0.3, 0.4) is 0 Å². The topological polar surface area (TPSA) is 147 Å².